The third kappa shape index (κ3) is 4.19. The van der Waals surface area contributed by atoms with Crippen LogP contribution in [0, 0.1) is 5.92 Å². The normalized spacial score (nSPS) is 27.2. The highest BCUT2D eigenvalue weighted by Crippen LogP contribution is 2.27. The molecule has 3 unspecified atom stereocenters. The summed E-state index contributed by atoms with van der Waals surface area (Å²) in [5, 5.41) is 3.84. The summed E-state index contributed by atoms with van der Waals surface area (Å²) in [7, 11) is 0. The molecule has 1 aliphatic rings. The van der Waals surface area contributed by atoms with Crippen LogP contribution in [-0.2, 0) is 0 Å². The van der Waals surface area contributed by atoms with Gasteiger partial charge in [-0.2, -0.15) is 0 Å². The van der Waals surface area contributed by atoms with E-state index in [2.05, 4.69) is 51.8 Å². The van der Waals surface area contributed by atoms with E-state index in [1.807, 2.05) is 0 Å². The van der Waals surface area contributed by atoms with Crippen molar-refractivity contribution in [3.63, 3.8) is 0 Å². The molecule has 0 aromatic rings. The first-order chi connectivity index (χ1) is 9.01. The van der Waals surface area contributed by atoms with Crippen molar-refractivity contribution >= 4 is 0 Å². The van der Waals surface area contributed by atoms with Gasteiger partial charge in [-0.15, -0.1) is 0 Å². The predicted molar refractivity (Wildman–Crippen MR) is 85.6 cm³/mol. The number of nitrogens with one attached hydrogen (secondary N) is 1. The summed E-state index contributed by atoms with van der Waals surface area (Å²) in [5.41, 5.74) is 0.357. The molecule has 0 bridgehead atoms. The van der Waals surface area contributed by atoms with Crippen molar-refractivity contribution in [2.24, 2.45) is 5.92 Å². The fraction of sp³-hybridized carbons (Fsp3) is 1.00. The lowest BCUT2D eigenvalue weighted by Crippen LogP contribution is -2.65. The molecular weight excluding hydrogens is 232 g/mol. The van der Waals surface area contributed by atoms with E-state index in [1.54, 1.807) is 0 Å². The molecule has 1 N–H and O–H groups in total. The second-order valence-electron chi connectivity index (χ2n) is 6.70. The maximum absolute atomic E-state index is 3.84. The van der Waals surface area contributed by atoms with Crippen molar-refractivity contribution in [3.05, 3.63) is 0 Å². The molecule has 1 heterocycles. The molecule has 114 valence electrons. The average molecular weight is 268 g/mol. The van der Waals surface area contributed by atoms with Gasteiger partial charge in [-0.05, 0) is 38.5 Å². The summed E-state index contributed by atoms with van der Waals surface area (Å²) < 4.78 is 0. The molecule has 0 saturated carbocycles. The SMILES string of the molecule is CCC(C)CC(C)N1CC(CC)(CC)NCC1CC. The van der Waals surface area contributed by atoms with Crippen LogP contribution in [-0.4, -0.2) is 35.6 Å². The molecular formula is C17H36N2. The molecule has 1 saturated heterocycles. The Balaban J connectivity index is 2.74. The average Bonchev–Trinajstić information content (AvgIpc) is 2.46. The van der Waals surface area contributed by atoms with Crippen LogP contribution in [0.2, 0.25) is 0 Å². The molecule has 0 radical (unpaired) electrons. The zero-order valence-corrected chi connectivity index (χ0v) is 14.1. The zero-order valence-electron chi connectivity index (χ0n) is 14.1. The van der Waals surface area contributed by atoms with Gasteiger partial charge in [0, 0.05) is 30.7 Å². The summed E-state index contributed by atoms with van der Waals surface area (Å²) in [6.45, 7) is 16.6. The standard InChI is InChI=1S/C17H36N2/c1-7-14(5)11-15(6)19-13-17(9-3,10-4)18-12-16(19)8-2/h14-16,18H,7-13H2,1-6H3. The molecule has 19 heavy (non-hydrogen) atoms. The molecule has 2 nitrogen and oxygen atoms in total. The fourth-order valence-corrected chi connectivity index (χ4v) is 3.49. The lowest BCUT2D eigenvalue weighted by atomic mass is 9.86. The van der Waals surface area contributed by atoms with E-state index in [0.717, 1.165) is 18.0 Å². The van der Waals surface area contributed by atoms with Gasteiger partial charge in [-0.3, -0.25) is 4.90 Å². The Morgan fingerprint density at radius 2 is 1.79 bits per heavy atom. The minimum atomic E-state index is 0.357. The van der Waals surface area contributed by atoms with Gasteiger partial charge in [0.25, 0.3) is 0 Å². The van der Waals surface area contributed by atoms with Gasteiger partial charge in [0.15, 0.2) is 0 Å². The van der Waals surface area contributed by atoms with Crippen molar-refractivity contribution in [3.8, 4) is 0 Å². The van der Waals surface area contributed by atoms with Crippen molar-refractivity contribution in [2.75, 3.05) is 13.1 Å². The molecule has 1 aliphatic heterocycles. The highest BCUT2D eigenvalue weighted by molar-refractivity contribution is 4.97. The van der Waals surface area contributed by atoms with Gasteiger partial charge in [0.05, 0.1) is 0 Å². The first kappa shape index (κ1) is 17.0. The zero-order chi connectivity index (χ0) is 14.5. The topological polar surface area (TPSA) is 15.3 Å². The Bertz CT molecular complexity index is 248. The third-order valence-electron chi connectivity index (χ3n) is 5.50. The Hall–Kier alpha value is -0.0800. The Kier molecular flexibility index (Phi) is 6.82. The third-order valence-corrected chi connectivity index (χ3v) is 5.50. The minimum absolute atomic E-state index is 0.357. The van der Waals surface area contributed by atoms with Gasteiger partial charge in [0.2, 0.25) is 0 Å². The van der Waals surface area contributed by atoms with Crippen LogP contribution in [0.1, 0.15) is 73.6 Å². The van der Waals surface area contributed by atoms with Crippen molar-refractivity contribution in [1.29, 1.82) is 0 Å². The first-order valence-electron chi connectivity index (χ1n) is 8.52. The molecule has 3 atom stereocenters. The monoisotopic (exact) mass is 268 g/mol. The summed E-state index contributed by atoms with van der Waals surface area (Å²) in [5.74, 6) is 0.847. The van der Waals surface area contributed by atoms with Crippen LogP contribution in [0.15, 0.2) is 0 Å². The van der Waals surface area contributed by atoms with Crippen LogP contribution in [0.5, 0.6) is 0 Å². The van der Waals surface area contributed by atoms with Crippen LogP contribution in [0.4, 0.5) is 0 Å². The molecule has 0 amide bonds. The Morgan fingerprint density at radius 1 is 1.16 bits per heavy atom. The molecule has 0 spiro atoms. The molecule has 0 aliphatic carbocycles. The summed E-state index contributed by atoms with van der Waals surface area (Å²) in [6, 6.07) is 1.45. The van der Waals surface area contributed by atoms with Crippen molar-refractivity contribution in [2.45, 2.75) is 91.3 Å². The number of rotatable bonds is 7. The molecule has 1 fully saturated rings. The largest absolute Gasteiger partial charge is 0.308 e. The molecule has 0 aromatic carbocycles. The van der Waals surface area contributed by atoms with Gasteiger partial charge >= 0.3 is 0 Å². The molecule has 2 heteroatoms. The predicted octanol–water partition coefficient (Wildman–Crippen LogP) is 4.05. The van der Waals surface area contributed by atoms with Crippen molar-refractivity contribution < 1.29 is 0 Å². The molecule has 0 aromatic heterocycles. The van der Waals surface area contributed by atoms with Gasteiger partial charge in [0.1, 0.15) is 0 Å². The quantitative estimate of drug-likeness (QED) is 0.749. The highest BCUT2D eigenvalue weighted by Gasteiger charge is 2.37. The summed E-state index contributed by atoms with van der Waals surface area (Å²) in [6.07, 6.45) is 6.40. The van der Waals surface area contributed by atoms with E-state index in [0.29, 0.717) is 5.54 Å². The Morgan fingerprint density at radius 3 is 2.26 bits per heavy atom. The number of hydrogen-bond donors (Lipinski definition) is 1. The number of piperazine rings is 1. The summed E-state index contributed by atoms with van der Waals surface area (Å²) in [4.78, 5) is 2.80. The number of hydrogen-bond acceptors (Lipinski definition) is 2. The van der Waals surface area contributed by atoms with Crippen LogP contribution in [0.25, 0.3) is 0 Å². The maximum atomic E-state index is 3.84. The lowest BCUT2D eigenvalue weighted by molar-refractivity contribution is 0.0328. The summed E-state index contributed by atoms with van der Waals surface area (Å²) >= 11 is 0. The lowest BCUT2D eigenvalue weighted by Gasteiger charge is -2.50. The highest BCUT2D eigenvalue weighted by atomic mass is 15.3. The van der Waals surface area contributed by atoms with E-state index in [9.17, 15) is 0 Å². The maximum Gasteiger partial charge on any atom is 0.0304 e. The van der Waals surface area contributed by atoms with Crippen LogP contribution >= 0.6 is 0 Å². The van der Waals surface area contributed by atoms with Gasteiger partial charge < -0.3 is 5.32 Å². The first-order valence-corrected chi connectivity index (χ1v) is 8.52. The van der Waals surface area contributed by atoms with Crippen LogP contribution in [0.3, 0.4) is 0 Å². The Labute approximate surface area is 121 Å². The van der Waals surface area contributed by atoms with Crippen molar-refractivity contribution in [1.82, 2.24) is 10.2 Å². The van der Waals surface area contributed by atoms with Gasteiger partial charge in [-0.25, -0.2) is 0 Å². The van der Waals surface area contributed by atoms with Crippen LogP contribution < -0.4 is 5.32 Å². The second-order valence-corrected chi connectivity index (χ2v) is 6.70. The smallest absolute Gasteiger partial charge is 0.0304 e. The van der Waals surface area contributed by atoms with E-state index in [4.69, 9.17) is 0 Å². The molecule has 1 rings (SSSR count). The fourth-order valence-electron chi connectivity index (χ4n) is 3.49. The van der Waals surface area contributed by atoms with E-state index in [1.165, 1.54) is 45.2 Å². The van der Waals surface area contributed by atoms with E-state index >= 15 is 0 Å². The number of nitrogens with zero attached hydrogens (tertiary/aromatic N) is 1. The van der Waals surface area contributed by atoms with Gasteiger partial charge in [-0.1, -0.05) is 41.0 Å². The van der Waals surface area contributed by atoms with E-state index < -0.39 is 0 Å². The minimum Gasteiger partial charge on any atom is -0.308 e. The second kappa shape index (κ2) is 7.64. The van der Waals surface area contributed by atoms with E-state index in [-0.39, 0.29) is 0 Å².